The number of rotatable bonds is 2. The molecule has 86 valence electrons. The third-order valence-corrected chi connectivity index (χ3v) is 4.27. The zero-order valence-electron chi connectivity index (χ0n) is 9.89. The Bertz CT molecular complexity index is 349. The summed E-state index contributed by atoms with van der Waals surface area (Å²) in [4.78, 5) is 2.68. The molecule has 2 fully saturated rings. The summed E-state index contributed by atoms with van der Waals surface area (Å²) in [6.45, 7) is 6.02. The fourth-order valence-electron chi connectivity index (χ4n) is 3.29. The van der Waals surface area contributed by atoms with Gasteiger partial charge in [0.1, 0.15) is 0 Å². The first kappa shape index (κ1) is 10.3. The second-order valence-electron chi connectivity index (χ2n) is 5.10. The Morgan fingerprint density at radius 2 is 2.06 bits per heavy atom. The van der Waals surface area contributed by atoms with E-state index in [1.54, 1.807) is 0 Å². The molecule has 0 radical (unpaired) electrons. The van der Waals surface area contributed by atoms with E-state index in [-0.39, 0.29) is 0 Å². The quantitative estimate of drug-likeness (QED) is 0.814. The van der Waals surface area contributed by atoms with Crippen molar-refractivity contribution in [1.82, 2.24) is 10.2 Å². The Morgan fingerprint density at radius 3 is 2.88 bits per heavy atom. The number of fused-ring (bicyclic) bond motifs is 1. The van der Waals surface area contributed by atoms with Crippen molar-refractivity contribution < 1.29 is 0 Å². The molecule has 1 N–H and O–H groups in total. The second kappa shape index (κ2) is 4.19. The van der Waals surface area contributed by atoms with Crippen molar-refractivity contribution in [3.63, 3.8) is 0 Å². The molecule has 0 aliphatic carbocycles. The minimum atomic E-state index is 0.566. The van der Waals surface area contributed by atoms with Crippen molar-refractivity contribution in [2.24, 2.45) is 5.92 Å². The highest BCUT2D eigenvalue weighted by atomic mass is 15.2. The zero-order valence-corrected chi connectivity index (χ0v) is 9.89. The van der Waals surface area contributed by atoms with Gasteiger partial charge in [-0.15, -0.1) is 0 Å². The Kier molecular flexibility index (Phi) is 2.70. The minimum Gasteiger partial charge on any atom is -0.315 e. The minimum absolute atomic E-state index is 0.566. The molecule has 2 nitrogen and oxygen atoms in total. The first-order valence-corrected chi connectivity index (χ1v) is 6.37. The van der Waals surface area contributed by atoms with Gasteiger partial charge in [-0.25, -0.2) is 0 Å². The van der Waals surface area contributed by atoms with Crippen molar-refractivity contribution in [3.05, 3.63) is 35.9 Å². The van der Waals surface area contributed by atoms with E-state index in [1.165, 1.54) is 31.6 Å². The number of hydrogen-bond donors (Lipinski definition) is 1. The van der Waals surface area contributed by atoms with Gasteiger partial charge in [-0.05, 0) is 37.9 Å². The molecule has 1 aromatic carbocycles. The van der Waals surface area contributed by atoms with Gasteiger partial charge in [0.05, 0.1) is 0 Å². The fourth-order valence-corrected chi connectivity index (χ4v) is 3.29. The van der Waals surface area contributed by atoms with Crippen LogP contribution < -0.4 is 5.32 Å². The summed E-state index contributed by atoms with van der Waals surface area (Å²) in [5.74, 6) is 0.895. The average molecular weight is 216 g/mol. The summed E-state index contributed by atoms with van der Waals surface area (Å²) < 4.78 is 0. The molecular weight excluding hydrogens is 196 g/mol. The Morgan fingerprint density at radius 1 is 1.25 bits per heavy atom. The molecule has 2 aliphatic heterocycles. The molecule has 0 spiro atoms. The summed E-state index contributed by atoms with van der Waals surface area (Å²) in [5.41, 5.74) is 1.45. The highest BCUT2D eigenvalue weighted by Crippen LogP contribution is 2.34. The maximum atomic E-state index is 3.52. The molecule has 2 heteroatoms. The summed E-state index contributed by atoms with van der Waals surface area (Å²) in [6.07, 6.45) is 1.37. The summed E-state index contributed by atoms with van der Waals surface area (Å²) in [6, 6.07) is 12.2. The highest BCUT2D eigenvalue weighted by Gasteiger charge is 2.39. The normalized spacial score (nSPS) is 31.6. The lowest BCUT2D eigenvalue weighted by Crippen LogP contribution is -2.36. The van der Waals surface area contributed by atoms with E-state index in [2.05, 4.69) is 47.5 Å². The van der Waals surface area contributed by atoms with Crippen molar-refractivity contribution in [3.8, 4) is 0 Å². The van der Waals surface area contributed by atoms with Gasteiger partial charge in [0, 0.05) is 18.6 Å². The molecule has 2 saturated heterocycles. The molecule has 0 bridgehead atoms. The predicted molar refractivity (Wildman–Crippen MR) is 66.3 cm³/mol. The van der Waals surface area contributed by atoms with E-state index in [0.717, 1.165) is 12.0 Å². The van der Waals surface area contributed by atoms with E-state index >= 15 is 0 Å². The molecule has 0 amide bonds. The summed E-state index contributed by atoms with van der Waals surface area (Å²) in [7, 11) is 0. The van der Waals surface area contributed by atoms with Gasteiger partial charge in [-0.2, -0.15) is 0 Å². The van der Waals surface area contributed by atoms with Gasteiger partial charge < -0.3 is 5.32 Å². The number of likely N-dealkylation sites (tertiary alicyclic amines) is 1. The highest BCUT2D eigenvalue weighted by molar-refractivity contribution is 5.19. The summed E-state index contributed by atoms with van der Waals surface area (Å²) in [5, 5.41) is 3.52. The third-order valence-electron chi connectivity index (χ3n) is 4.27. The van der Waals surface area contributed by atoms with Gasteiger partial charge >= 0.3 is 0 Å². The van der Waals surface area contributed by atoms with Gasteiger partial charge in [0.15, 0.2) is 0 Å². The van der Waals surface area contributed by atoms with Crippen LogP contribution in [0.3, 0.4) is 0 Å². The number of benzene rings is 1. The van der Waals surface area contributed by atoms with Crippen molar-refractivity contribution in [1.29, 1.82) is 0 Å². The van der Waals surface area contributed by atoms with Crippen LogP contribution in [0.5, 0.6) is 0 Å². The number of nitrogens with zero attached hydrogens (tertiary/aromatic N) is 1. The van der Waals surface area contributed by atoms with Crippen LogP contribution in [0.15, 0.2) is 30.3 Å². The van der Waals surface area contributed by atoms with E-state index in [0.29, 0.717) is 6.04 Å². The smallest absolute Gasteiger partial charge is 0.0323 e. The van der Waals surface area contributed by atoms with Gasteiger partial charge in [-0.3, -0.25) is 4.90 Å². The van der Waals surface area contributed by atoms with Crippen LogP contribution in [0, 0.1) is 5.92 Å². The molecule has 1 aromatic rings. The Hall–Kier alpha value is -0.860. The molecule has 3 atom stereocenters. The van der Waals surface area contributed by atoms with Crippen molar-refractivity contribution >= 4 is 0 Å². The van der Waals surface area contributed by atoms with Crippen LogP contribution in [0.1, 0.15) is 24.9 Å². The summed E-state index contributed by atoms with van der Waals surface area (Å²) >= 11 is 0. The van der Waals surface area contributed by atoms with Crippen LogP contribution in [0.25, 0.3) is 0 Å². The third kappa shape index (κ3) is 1.66. The lowest BCUT2D eigenvalue weighted by Gasteiger charge is -2.30. The first-order valence-electron chi connectivity index (χ1n) is 6.37. The molecule has 0 saturated carbocycles. The molecule has 0 aromatic heterocycles. The topological polar surface area (TPSA) is 15.3 Å². The standard InChI is InChI=1S/C14H20N2/c1-11(12-5-3-2-4-6-12)16-8-7-13-9-15-10-14(13)16/h2-6,11,13-15H,7-10H2,1H3/t11-,13-,14+/m1/s1. The molecule has 16 heavy (non-hydrogen) atoms. The number of nitrogens with one attached hydrogen (secondary N) is 1. The Balaban J connectivity index is 1.78. The van der Waals surface area contributed by atoms with Crippen LogP contribution in [-0.4, -0.2) is 30.6 Å². The van der Waals surface area contributed by atoms with Gasteiger partial charge in [-0.1, -0.05) is 30.3 Å². The molecule has 3 rings (SSSR count). The SMILES string of the molecule is C[C@H](c1ccccc1)N1CC[C@@H]2CNC[C@@H]21. The van der Waals surface area contributed by atoms with E-state index in [9.17, 15) is 0 Å². The van der Waals surface area contributed by atoms with Crippen LogP contribution in [0.4, 0.5) is 0 Å². The maximum absolute atomic E-state index is 3.52. The largest absolute Gasteiger partial charge is 0.315 e. The maximum Gasteiger partial charge on any atom is 0.0323 e. The van der Waals surface area contributed by atoms with Crippen molar-refractivity contribution in [2.45, 2.75) is 25.4 Å². The van der Waals surface area contributed by atoms with Gasteiger partial charge in [0.2, 0.25) is 0 Å². The monoisotopic (exact) mass is 216 g/mol. The zero-order chi connectivity index (χ0) is 11.0. The second-order valence-corrected chi connectivity index (χ2v) is 5.10. The van der Waals surface area contributed by atoms with Crippen LogP contribution in [-0.2, 0) is 0 Å². The van der Waals surface area contributed by atoms with Crippen LogP contribution >= 0.6 is 0 Å². The molecule has 0 unspecified atom stereocenters. The van der Waals surface area contributed by atoms with E-state index in [1.807, 2.05) is 0 Å². The Labute approximate surface area is 97.6 Å². The fraction of sp³-hybridized carbons (Fsp3) is 0.571. The van der Waals surface area contributed by atoms with Crippen molar-refractivity contribution in [2.75, 3.05) is 19.6 Å². The van der Waals surface area contributed by atoms with Gasteiger partial charge in [0.25, 0.3) is 0 Å². The van der Waals surface area contributed by atoms with E-state index < -0.39 is 0 Å². The molecular formula is C14H20N2. The average Bonchev–Trinajstić information content (AvgIpc) is 2.91. The van der Waals surface area contributed by atoms with Crippen LogP contribution in [0.2, 0.25) is 0 Å². The molecule has 2 heterocycles. The first-order chi connectivity index (χ1) is 7.86. The lowest BCUT2D eigenvalue weighted by atomic mass is 10.0. The predicted octanol–water partition coefficient (Wildman–Crippen LogP) is 2.04. The lowest BCUT2D eigenvalue weighted by molar-refractivity contribution is 0.192. The molecule has 2 aliphatic rings. The number of hydrogen-bond acceptors (Lipinski definition) is 2. The van der Waals surface area contributed by atoms with E-state index in [4.69, 9.17) is 0 Å².